The molecule has 2 N–H and O–H groups in total. The molecule has 0 saturated heterocycles. The van der Waals surface area contributed by atoms with E-state index in [4.69, 9.17) is 11.6 Å². The summed E-state index contributed by atoms with van der Waals surface area (Å²) in [5.74, 6) is -0.662. The summed E-state index contributed by atoms with van der Waals surface area (Å²) in [5, 5.41) is 10.1. The van der Waals surface area contributed by atoms with E-state index in [9.17, 15) is 9.18 Å². The van der Waals surface area contributed by atoms with Crippen molar-refractivity contribution >= 4 is 23.2 Å². The van der Waals surface area contributed by atoms with Crippen LogP contribution < -0.4 is 5.32 Å². The summed E-state index contributed by atoms with van der Waals surface area (Å²) >= 11 is 5.95. The third kappa shape index (κ3) is 3.40. The molecule has 0 aliphatic heterocycles. The Labute approximate surface area is 137 Å². The number of nitrogens with one attached hydrogen (secondary N) is 2. The molecule has 0 bridgehead atoms. The van der Waals surface area contributed by atoms with Crippen molar-refractivity contribution in [2.24, 2.45) is 0 Å². The minimum absolute atomic E-state index is 0.307. The van der Waals surface area contributed by atoms with Gasteiger partial charge in [-0.3, -0.25) is 9.89 Å². The highest BCUT2D eigenvalue weighted by molar-refractivity contribution is 6.30. The zero-order chi connectivity index (χ0) is 16.4. The van der Waals surface area contributed by atoms with Gasteiger partial charge in [-0.25, -0.2) is 4.39 Å². The van der Waals surface area contributed by atoms with Crippen LogP contribution in [0.25, 0.3) is 11.3 Å². The van der Waals surface area contributed by atoms with Crippen LogP contribution in [-0.2, 0) is 0 Å². The van der Waals surface area contributed by atoms with Crippen LogP contribution in [0.2, 0.25) is 5.02 Å². The Morgan fingerprint density at radius 2 is 2.04 bits per heavy atom. The van der Waals surface area contributed by atoms with Gasteiger partial charge in [-0.15, -0.1) is 0 Å². The molecular weight excluding hydrogens is 317 g/mol. The van der Waals surface area contributed by atoms with Crippen molar-refractivity contribution in [2.75, 3.05) is 5.32 Å². The molecule has 1 amide bonds. The molecule has 0 aliphatic carbocycles. The minimum Gasteiger partial charge on any atom is -0.321 e. The van der Waals surface area contributed by atoms with E-state index in [-0.39, 0.29) is 11.7 Å². The summed E-state index contributed by atoms with van der Waals surface area (Å²) in [5.41, 5.74) is 2.72. The lowest BCUT2D eigenvalue weighted by Gasteiger charge is -2.04. The molecule has 3 rings (SSSR count). The number of rotatable bonds is 3. The van der Waals surface area contributed by atoms with Gasteiger partial charge in [-0.2, -0.15) is 5.10 Å². The Bertz CT molecular complexity index is 876. The van der Waals surface area contributed by atoms with E-state index < -0.39 is 0 Å². The Kier molecular flexibility index (Phi) is 4.12. The zero-order valence-corrected chi connectivity index (χ0v) is 13.0. The van der Waals surface area contributed by atoms with Crippen molar-refractivity contribution in [3.63, 3.8) is 0 Å². The average Bonchev–Trinajstić information content (AvgIpc) is 3.01. The number of nitrogens with zero attached hydrogens (tertiary/aromatic N) is 1. The largest absolute Gasteiger partial charge is 0.321 e. The minimum atomic E-state index is -0.350. The molecule has 0 atom stereocenters. The Morgan fingerprint density at radius 3 is 2.78 bits per heavy atom. The van der Waals surface area contributed by atoms with E-state index >= 15 is 0 Å². The van der Waals surface area contributed by atoms with Gasteiger partial charge in [0.15, 0.2) is 0 Å². The summed E-state index contributed by atoms with van der Waals surface area (Å²) in [4.78, 5) is 12.2. The monoisotopic (exact) mass is 329 g/mol. The van der Waals surface area contributed by atoms with Crippen LogP contribution in [-0.4, -0.2) is 16.1 Å². The molecule has 0 spiro atoms. The Balaban J connectivity index is 1.79. The maximum absolute atomic E-state index is 13.2. The molecule has 0 saturated carbocycles. The average molecular weight is 330 g/mol. The van der Waals surface area contributed by atoms with E-state index in [1.54, 1.807) is 31.2 Å². The van der Waals surface area contributed by atoms with Gasteiger partial charge in [0.2, 0.25) is 0 Å². The Hall–Kier alpha value is -2.66. The second-order valence-corrected chi connectivity index (χ2v) is 5.53. The number of hydrogen-bond acceptors (Lipinski definition) is 2. The number of carbonyl (C=O) groups excluding carboxylic acids is 1. The van der Waals surface area contributed by atoms with Gasteiger partial charge in [-0.05, 0) is 48.9 Å². The SMILES string of the molecule is Cc1cc(NC(=O)c2cc(-c3cccc(Cl)c3)n[nH]2)ccc1F. The van der Waals surface area contributed by atoms with Crippen LogP contribution in [0.15, 0.2) is 48.5 Å². The third-order valence-corrected chi connectivity index (χ3v) is 3.59. The number of aromatic amines is 1. The molecule has 0 radical (unpaired) electrons. The van der Waals surface area contributed by atoms with E-state index in [1.807, 2.05) is 12.1 Å². The van der Waals surface area contributed by atoms with Gasteiger partial charge in [0, 0.05) is 16.3 Å². The van der Waals surface area contributed by atoms with Crippen molar-refractivity contribution in [1.29, 1.82) is 0 Å². The maximum Gasteiger partial charge on any atom is 0.273 e. The number of H-pyrrole nitrogens is 1. The molecule has 23 heavy (non-hydrogen) atoms. The molecule has 1 heterocycles. The fraction of sp³-hybridized carbons (Fsp3) is 0.0588. The first-order valence-corrected chi connectivity index (χ1v) is 7.29. The molecular formula is C17H13ClFN3O. The van der Waals surface area contributed by atoms with Gasteiger partial charge >= 0.3 is 0 Å². The van der Waals surface area contributed by atoms with Gasteiger partial charge in [0.25, 0.3) is 5.91 Å². The number of amides is 1. The predicted octanol–water partition coefficient (Wildman–Crippen LogP) is 4.43. The van der Waals surface area contributed by atoms with Crippen LogP contribution in [0, 0.1) is 12.7 Å². The second-order valence-electron chi connectivity index (χ2n) is 5.10. The lowest BCUT2D eigenvalue weighted by molar-refractivity contribution is 0.102. The lowest BCUT2D eigenvalue weighted by atomic mass is 10.1. The first kappa shape index (κ1) is 15.2. The number of aromatic nitrogens is 2. The summed E-state index contributed by atoms with van der Waals surface area (Å²) < 4.78 is 13.2. The molecule has 2 aromatic carbocycles. The number of aryl methyl sites for hydroxylation is 1. The van der Waals surface area contributed by atoms with Crippen molar-refractivity contribution in [3.05, 3.63) is 70.6 Å². The van der Waals surface area contributed by atoms with E-state index in [0.29, 0.717) is 27.7 Å². The smallest absolute Gasteiger partial charge is 0.273 e. The summed E-state index contributed by atoms with van der Waals surface area (Å²) in [6.07, 6.45) is 0. The summed E-state index contributed by atoms with van der Waals surface area (Å²) in [6, 6.07) is 13.2. The highest BCUT2D eigenvalue weighted by Crippen LogP contribution is 2.22. The first-order chi connectivity index (χ1) is 11.0. The highest BCUT2D eigenvalue weighted by Gasteiger charge is 2.12. The summed E-state index contributed by atoms with van der Waals surface area (Å²) in [6.45, 7) is 1.64. The Morgan fingerprint density at radius 1 is 1.22 bits per heavy atom. The van der Waals surface area contributed by atoms with Crippen LogP contribution in [0.3, 0.4) is 0 Å². The first-order valence-electron chi connectivity index (χ1n) is 6.92. The number of hydrogen-bond donors (Lipinski definition) is 2. The van der Waals surface area contributed by atoms with Gasteiger partial charge in [0.1, 0.15) is 11.5 Å². The zero-order valence-electron chi connectivity index (χ0n) is 12.2. The van der Waals surface area contributed by atoms with Gasteiger partial charge in [0.05, 0.1) is 5.69 Å². The fourth-order valence-electron chi connectivity index (χ4n) is 2.15. The van der Waals surface area contributed by atoms with E-state index in [1.165, 1.54) is 12.1 Å². The topological polar surface area (TPSA) is 57.8 Å². The molecule has 4 nitrogen and oxygen atoms in total. The fourth-order valence-corrected chi connectivity index (χ4v) is 2.34. The van der Waals surface area contributed by atoms with Gasteiger partial charge in [-0.1, -0.05) is 23.7 Å². The molecule has 0 unspecified atom stereocenters. The summed E-state index contributed by atoms with van der Waals surface area (Å²) in [7, 11) is 0. The molecule has 116 valence electrons. The standard InChI is InChI=1S/C17H13ClFN3O/c1-10-7-13(5-6-14(10)19)20-17(23)16-9-15(21-22-16)11-3-2-4-12(18)8-11/h2-9H,1H3,(H,20,23)(H,21,22). The van der Waals surface area contributed by atoms with Crippen LogP contribution in [0.5, 0.6) is 0 Å². The second kappa shape index (κ2) is 6.22. The molecule has 3 aromatic rings. The number of halogens is 2. The lowest BCUT2D eigenvalue weighted by Crippen LogP contribution is -2.12. The van der Waals surface area contributed by atoms with Gasteiger partial charge < -0.3 is 5.32 Å². The van der Waals surface area contributed by atoms with Crippen molar-refractivity contribution in [1.82, 2.24) is 10.2 Å². The molecule has 0 fully saturated rings. The van der Waals surface area contributed by atoms with Crippen molar-refractivity contribution in [3.8, 4) is 11.3 Å². The number of benzene rings is 2. The molecule has 6 heteroatoms. The van der Waals surface area contributed by atoms with Crippen molar-refractivity contribution in [2.45, 2.75) is 6.92 Å². The van der Waals surface area contributed by atoms with E-state index in [0.717, 1.165) is 5.56 Å². The third-order valence-electron chi connectivity index (χ3n) is 3.36. The van der Waals surface area contributed by atoms with Crippen LogP contribution in [0.1, 0.15) is 16.1 Å². The molecule has 0 aliphatic rings. The predicted molar refractivity (Wildman–Crippen MR) is 88.1 cm³/mol. The van der Waals surface area contributed by atoms with Crippen LogP contribution in [0.4, 0.5) is 10.1 Å². The number of carbonyl (C=O) groups is 1. The highest BCUT2D eigenvalue weighted by atomic mass is 35.5. The van der Waals surface area contributed by atoms with Crippen LogP contribution >= 0.6 is 11.6 Å². The quantitative estimate of drug-likeness (QED) is 0.746. The maximum atomic E-state index is 13.2. The number of anilines is 1. The van der Waals surface area contributed by atoms with Crippen molar-refractivity contribution < 1.29 is 9.18 Å². The molecule has 1 aromatic heterocycles. The van der Waals surface area contributed by atoms with E-state index in [2.05, 4.69) is 15.5 Å². The normalized spacial score (nSPS) is 10.6.